The van der Waals surface area contributed by atoms with Crippen LogP contribution in [-0.4, -0.2) is 43.3 Å². The molecule has 0 unspecified atom stereocenters. The van der Waals surface area contributed by atoms with E-state index in [1.807, 2.05) is 27.7 Å². The Labute approximate surface area is 108 Å². The minimum atomic E-state index is -0.285. The number of hydrogen-bond donors (Lipinski definition) is 2. The van der Waals surface area contributed by atoms with Crippen LogP contribution >= 0.6 is 0 Å². The average molecular weight is 254 g/mol. The third-order valence-corrected chi connectivity index (χ3v) is 3.84. The van der Waals surface area contributed by atoms with Gasteiger partial charge in [0.25, 0.3) is 0 Å². The fourth-order valence-electron chi connectivity index (χ4n) is 2.26. The molecular weight excluding hydrogens is 232 g/mol. The van der Waals surface area contributed by atoms with Crippen molar-refractivity contribution in [3.05, 3.63) is 0 Å². The summed E-state index contributed by atoms with van der Waals surface area (Å²) in [5.41, 5.74) is -0.570. The van der Waals surface area contributed by atoms with Gasteiger partial charge in [0.15, 0.2) is 11.7 Å². The lowest BCUT2D eigenvalue weighted by molar-refractivity contribution is -0.0808. The molecule has 0 bridgehead atoms. The summed E-state index contributed by atoms with van der Waals surface area (Å²) in [5, 5.41) is 30.3. The van der Waals surface area contributed by atoms with Gasteiger partial charge in [0.05, 0.1) is 11.1 Å². The van der Waals surface area contributed by atoms with Crippen LogP contribution in [-0.2, 0) is 0 Å². The van der Waals surface area contributed by atoms with E-state index in [9.17, 15) is 10.4 Å². The smallest absolute Gasteiger partial charge is 0.151 e. The van der Waals surface area contributed by atoms with Crippen molar-refractivity contribution in [2.75, 3.05) is 0 Å². The molecule has 0 amide bonds. The normalized spacial score (nSPS) is 30.8. The molecular formula is C12H22N4O2. The second-order valence-electron chi connectivity index (χ2n) is 6.28. The molecule has 2 heterocycles. The van der Waals surface area contributed by atoms with E-state index in [1.165, 1.54) is 10.1 Å². The van der Waals surface area contributed by atoms with Gasteiger partial charge >= 0.3 is 0 Å². The number of rotatable bonds is 1. The first-order valence-corrected chi connectivity index (χ1v) is 6.36. The zero-order valence-electron chi connectivity index (χ0n) is 11.5. The van der Waals surface area contributed by atoms with Crippen LogP contribution in [0.2, 0.25) is 0 Å². The fourth-order valence-corrected chi connectivity index (χ4v) is 2.26. The highest BCUT2D eigenvalue weighted by atomic mass is 16.5. The maximum absolute atomic E-state index is 9.92. The Morgan fingerprint density at radius 3 is 1.39 bits per heavy atom. The number of hydrogen-bond acceptors (Lipinski definition) is 4. The molecule has 0 atom stereocenters. The Morgan fingerprint density at radius 2 is 1.17 bits per heavy atom. The van der Waals surface area contributed by atoms with Gasteiger partial charge < -0.3 is 0 Å². The van der Waals surface area contributed by atoms with Crippen molar-refractivity contribution in [3.8, 4) is 0 Å². The quantitative estimate of drug-likeness (QED) is 0.704. The minimum Gasteiger partial charge on any atom is -0.287 e. The van der Waals surface area contributed by atoms with Gasteiger partial charge in [0, 0.05) is 12.8 Å². The topological polar surface area (TPSA) is 71.7 Å². The first-order chi connectivity index (χ1) is 8.24. The molecule has 2 aliphatic heterocycles. The zero-order valence-corrected chi connectivity index (χ0v) is 11.5. The lowest BCUT2D eigenvalue weighted by Crippen LogP contribution is -2.38. The molecule has 6 nitrogen and oxygen atoms in total. The fraction of sp³-hybridized carbons (Fsp3) is 0.833. The highest BCUT2D eigenvalue weighted by molar-refractivity contribution is 5.87. The van der Waals surface area contributed by atoms with E-state index in [0.717, 1.165) is 12.8 Å². The van der Waals surface area contributed by atoms with E-state index in [2.05, 4.69) is 10.2 Å². The van der Waals surface area contributed by atoms with Crippen LogP contribution in [0.25, 0.3) is 0 Å². The first-order valence-electron chi connectivity index (χ1n) is 6.36. The van der Waals surface area contributed by atoms with Crippen LogP contribution in [0.4, 0.5) is 0 Å². The molecule has 2 rings (SSSR count). The molecule has 2 aliphatic rings. The molecule has 2 N–H and O–H groups in total. The zero-order chi connectivity index (χ0) is 13.6. The predicted octanol–water partition coefficient (Wildman–Crippen LogP) is 2.23. The van der Waals surface area contributed by atoms with E-state index in [4.69, 9.17) is 0 Å². The lowest BCUT2D eigenvalue weighted by Gasteiger charge is -2.26. The molecule has 0 aromatic rings. The summed E-state index contributed by atoms with van der Waals surface area (Å²) in [6, 6.07) is 0. The van der Waals surface area contributed by atoms with Gasteiger partial charge in [-0.3, -0.25) is 10.4 Å². The van der Waals surface area contributed by atoms with Crippen molar-refractivity contribution in [2.45, 2.75) is 64.5 Å². The first kappa shape index (κ1) is 13.3. The maximum Gasteiger partial charge on any atom is 0.151 e. The summed E-state index contributed by atoms with van der Waals surface area (Å²) in [7, 11) is 0. The van der Waals surface area contributed by atoms with E-state index >= 15 is 0 Å². The Kier molecular flexibility index (Phi) is 3.11. The molecule has 2 saturated heterocycles. The maximum atomic E-state index is 9.92. The Morgan fingerprint density at radius 1 is 0.833 bits per heavy atom. The van der Waals surface area contributed by atoms with Gasteiger partial charge in [-0.2, -0.15) is 0 Å². The lowest BCUT2D eigenvalue weighted by atomic mass is 10.0. The van der Waals surface area contributed by atoms with Crippen molar-refractivity contribution in [1.29, 1.82) is 0 Å². The summed E-state index contributed by atoms with van der Waals surface area (Å²) < 4.78 is 0. The molecule has 0 aliphatic carbocycles. The third kappa shape index (κ3) is 2.22. The molecule has 6 heteroatoms. The monoisotopic (exact) mass is 254 g/mol. The van der Waals surface area contributed by atoms with Crippen molar-refractivity contribution < 1.29 is 10.4 Å². The van der Waals surface area contributed by atoms with Crippen molar-refractivity contribution in [2.24, 2.45) is 10.2 Å². The molecule has 18 heavy (non-hydrogen) atoms. The predicted molar refractivity (Wildman–Crippen MR) is 68.7 cm³/mol. The molecule has 0 aromatic heterocycles. The summed E-state index contributed by atoms with van der Waals surface area (Å²) >= 11 is 0. The standard InChI is InChI=1S/C12H22N4O2/c1-11(2)7-5-9(15(11)17)13-14-10-6-8-12(3,4)16(10)18/h17-18H,5-8H2,1-4H3. The van der Waals surface area contributed by atoms with Crippen molar-refractivity contribution in [1.82, 2.24) is 10.1 Å². The summed E-state index contributed by atoms with van der Waals surface area (Å²) in [6.45, 7) is 7.83. The van der Waals surface area contributed by atoms with Gasteiger partial charge in [-0.15, -0.1) is 10.2 Å². The summed E-state index contributed by atoms with van der Waals surface area (Å²) in [4.78, 5) is 0. The highest BCUT2D eigenvalue weighted by Crippen LogP contribution is 2.30. The molecule has 0 spiro atoms. The third-order valence-electron chi connectivity index (χ3n) is 3.84. The van der Waals surface area contributed by atoms with Crippen LogP contribution in [0.1, 0.15) is 53.4 Å². The van der Waals surface area contributed by atoms with Crippen LogP contribution in [0.15, 0.2) is 10.2 Å². The van der Waals surface area contributed by atoms with Gasteiger partial charge in [0.2, 0.25) is 0 Å². The van der Waals surface area contributed by atoms with Crippen LogP contribution in [0, 0.1) is 0 Å². The SMILES string of the molecule is CC1(C)CCC(=NN=C2CCC(C)(C)N2O)N1O. The van der Waals surface area contributed by atoms with Crippen molar-refractivity contribution >= 4 is 11.7 Å². The largest absolute Gasteiger partial charge is 0.287 e. The van der Waals surface area contributed by atoms with Gasteiger partial charge in [-0.05, 0) is 40.5 Å². The Hall–Kier alpha value is -1.14. The minimum absolute atomic E-state index is 0.285. The second-order valence-corrected chi connectivity index (χ2v) is 6.28. The van der Waals surface area contributed by atoms with Crippen molar-refractivity contribution in [3.63, 3.8) is 0 Å². The van der Waals surface area contributed by atoms with Crippen LogP contribution in [0.5, 0.6) is 0 Å². The van der Waals surface area contributed by atoms with Gasteiger partial charge in [-0.25, -0.2) is 10.1 Å². The second kappa shape index (κ2) is 4.20. The van der Waals surface area contributed by atoms with Crippen LogP contribution in [0.3, 0.4) is 0 Å². The van der Waals surface area contributed by atoms with Gasteiger partial charge in [-0.1, -0.05) is 0 Å². The Bertz CT molecular complexity index is 363. The van der Waals surface area contributed by atoms with E-state index in [0.29, 0.717) is 24.5 Å². The van der Waals surface area contributed by atoms with Gasteiger partial charge in [0.1, 0.15) is 0 Å². The number of amidine groups is 2. The van der Waals surface area contributed by atoms with E-state index in [-0.39, 0.29) is 11.1 Å². The molecule has 2 fully saturated rings. The number of hydroxylamine groups is 4. The average Bonchev–Trinajstić information content (AvgIpc) is 2.68. The number of nitrogens with zero attached hydrogens (tertiary/aromatic N) is 4. The van der Waals surface area contributed by atoms with E-state index < -0.39 is 0 Å². The van der Waals surface area contributed by atoms with E-state index in [1.54, 1.807) is 0 Å². The highest BCUT2D eigenvalue weighted by Gasteiger charge is 2.37. The molecule has 0 radical (unpaired) electrons. The van der Waals surface area contributed by atoms with Crippen LogP contribution < -0.4 is 0 Å². The Balaban J connectivity index is 2.13. The summed E-state index contributed by atoms with van der Waals surface area (Å²) in [6.07, 6.45) is 3.10. The molecule has 102 valence electrons. The molecule has 0 saturated carbocycles. The summed E-state index contributed by atoms with van der Waals surface area (Å²) in [5.74, 6) is 1.12. The molecule has 0 aromatic carbocycles.